The molecule has 19 heavy (non-hydrogen) atoms. The third-order valence-electron chi connectivity index (χ3n) is 2.91. The SMILES string of the molecule is CC(Nc1ccc(C#N)cc1)c1cccc(C#N)c1. The van der Waals surface area contributed by atoms with Crippen molar-refractivity contribution in [3.63, 3.8) is 0 Å². The molecule has 0 saturated heterocycles. The van der Waals surface area contributed by atoms with E-state index in [2.05, 4.69) is 17.5 Å². The summed E-state index contributed by atoms with van der Waals surface area (Å²) in [5, 5.41) is 21.0. The van der Waals surface area contributed by atoms with Gasteiger partial charge >= 0.3 is 0 Å². The fourth-order valence-electron chi connectivity index (χ4n) is 1.85. The number of nitrogens with zero attached hydrogens (tertiary/aromatic N) is 2. The molecule has 1 N–H and O–H groups in total. The molecular weight excluding hydrogens is 234 g/mol. The van der Waals surface area contributed by atoms with Gasteiger partial charge in [0.15, 0.2) is 0 Å². The van der Waals surface area contributed by atoms with Crippen molar-refractivity contribution < 1.29 is 0 Å². The molecule has 0 heterocycles. The number of anilines is 1. The summed E-state index contributed by atoms with van der Waals surface area (Å²) in [5.74, 6) is 0. The lowest BCUT2D eigenvalue weighted by molar-refractivity contribution is 0.884. The van der Waals surface area contributed by atoms with Crippen LogP contribution in [-0.2, 0) is 0 Å². The van der Waals surface area contributed by atoms with E-state index in [4.69, 9.17) is 10.5 Å². The lowest BCUT2D eigenvalue weighted by Gasteiger charge is -2.15. The first-order valence-corrected chi connectivity index (χ1v) is 5.99. The minimum atomic E-state index is 0.0984. The van der Waals surface area contributed by atoms with Gasteiger partial charge in [-0.1, -0.05) is 12.1 Å². The largest absolute Gasteiger partial charge is 0.379 e. The Labute approximate surface area is 112 Å². The highest BCUT2D eigenvalue weighted by Gasteiger charge is 2.06. The zero-order valence-electron chi connectivity index (χ0n) is 10.6. The zero-order chi connectivity index (χ0) is 13.7. The van der Waals surface area contributed by atoms with Crippen LogP contribution in [0, 0.1) is 22.7 Å². The average Bonchev–Trinajstić information content (AvgIpc) is 2.48. The van der Waals surface area contributed by atoms with Crippen LogP contribution in [0.25, 0.3) is 0 Å². The third kappa shape index (κ3) is 3.12. The number of nitriles is 2. The van der Waals surface area contributed by atoms with E-state index in [0.29, 0.717) is 11.1 Å². The summed E-state index contributed by atoms with van der Waals surface area (Å²) in [6.45, 7) is 2.04. The molecule has 0 aromatic heterocycles. The van der Waals surface area contributed by atoms with Gasteiger partial charge in [0.05, 0.1) is 23.3 Å². The maximum Gasteiger partial charge on any atom is 0.0991 e. The summed E-state index contributed by atoms with van der Waals surface area (Å²) in [5.41, 5.74) is 3.31. The second-order valence-electron chi connectivity index (χ2n) is 4.29. The lowest BCUT2D eigenvalue weighted by atomic mass is 10.1. The van der Waals surface area contributed by atoms with Crippen LogP contribution in [0.4, 0.5) is 5.69 Å². The molecule has 0 spiro atoms. The summed E-state index contributed by atoms with van der Waals surface area (Å²) in [4.78, 5) is 0. The van der Waals surface area contributed by atoms with Crippen LogP contribution in [0.15, 0.2) is 48.5 Å². The molecular formula is C16H13N3. The van der Waals surface area contributed by atoms with Gasteiger partial charge in [-0.2, -0.15) is 10.5 Å². The summed E-state index contributed by atoms with van der Waals surface area (Å²) < 4.78 is 0. The predicted molar refractivity (Wildman–Crippen MR) is 74.4 cm³/mol. The molecule has 0 aliphatic heterocycles. The third-order valence-corrected chi connectivity index (χ3v) is 2.91. The fraction of sp³-hybridized carbons (Fsp3) is 0.125. The van der Waals surface area contributed by atoms with E-state index in [1.165, 1.54) is 0 Å². The molecule has 1 unspecified atom stereocenters. The minimum absolute atomic E-state index is 0.0984. The Hall–Kier alpha value is -2.78. The molecule has 2 aromatic carbocycles. The standard InChI is InChI=1S/C16H13N3/c1-12(15-4-2-3-14(9-15)11-18)19-16-7-5-13(10-17)6-8-16/h2-9,12,19H,1H3. The first kappa shape index (κ1) is 12.7. The minimum Gasteiger partial charge on any atom is -0.379 e. The van der Waals surface area contributed by atoms with Crippen molar-refractivity contribution in [2.75, 3.05) is 5.32 Å². The van der Waals surface area contributed by atoms with E-state index < -0.39 is 0 Å². The van der Waals surface area contributed by atoms with Crippen molar-refractivity contribution in [1.82, 2.24) is 0 Å². The topological polar surface area (TPSA) is 59.6 Å². The monoisotopic (exact) mass is 247 g/mol. The average molecular weight is 247 g/mol. The van der Waals surface area contributed by atoms with Crippen LogP contribution in [0.2, 0.25) is 0 Å². The highest BCUT2D eigenvalue weighted by molar-refractivity contribution is 5.49. The van der Waals surface area contributed by atoms with Crippen LogP contribution < -0.4 is 5.32 Å². The number of hydrogen-bond acceptors (Lipinski definition) is 3. The Balaban J connectivity index is 2.14. The van der Waals surface area contributed by atoms with Gasteiger partial charge in [0.2, 0.25) is 0 Å². The van der Waals surface area contributed by atoms with Crippen LogP contribution in [0.3, 0.4) is 0 Å². The molecule has 92 valence electrons. The second kappa shape index (κ2) is 5.71. The molecule has 1 atom stereocenters. The normalized spacial score (nSPS) is 11.1. The van der Waals surface area contributed by atoms with Gasteiger partial charge in [-0.3, -0.25) is 0 Å². The molecule has 0 fully saturated rings. The van der Waals surface area contributed by atoms with E-state index >= 15 is 0 Å². The highest BCUT2D eigenvalue weighted by atomic mass is 14.9. The first-order valence-electron chi connectivity index (χ1n) is 5.99. The van der Waals surface area contributed by atoms with Gasteiger partial charge in [-0.05, 0) is 48.9 Å². The van der Waals surface area contributed by atoms with Gasteiger partial charge in [0.1, 0.15) is 0 Å². The quantitative estimate of drug-likeness (QED) is 0.901. The van der Waals surface area contributed by atoms with Crippen molar-refractivity contribution in [3.8, 4) is 12.1 Å². The highest BCUT2D eigenvalue weighted by Crippen LogP contribution is 2.20. The molecule has 0 radical (unpaired) electrons. The van der Waals surface area contributed by atoms with Crippen LogP contribution in [0.1, 0.15) is 29.7 Å². The Morgan fingerprint density at radius 3 is 2.26 bits per heavy atom. The molecule has 0 amide bonds. The van der Waals surface area contributed by atoms with E-state index in [1.54, 1.807) is 18.2 Å². The molecule has 3 nitrogen and oxygen atoms in total. The molecule has 0 aliphatic rings. The maximum atomic E-state index is 8.89. The van der Waals surface area contributed by atoms with Crippen molar-refractivity contribution in [2.45, 2.75) is 13.0 Å². The Kier molecular flexibility index (Phi) is 3.81. The van der Waals surface area contributed by atoms with E-state index in [9.17, 15) is 0 Å². The molecule has 0 saturated carbocycles. The van der Waals surface area contributed by atoms with Crippen LogP contribution in [0.5, 0.6) is 0 Å². The van der Waals surface area contributed by atoms with Crippen LogP contribution in [-0.4, -0.2) is 0 Å². The van der Waals surface area contributed by atoms with Gasteiger partial charge in [-0.15, -0.1) is 0 Å². The van der Waals surface area contributed by atoms with E-state index in [0.717, 1.165) is 11.3 Å². The summed E-state index contributed by atoms with van der Waals surface area (Å²) in [7, 11) is 0. The Bertz CT molecular complexity index is 645. The Morgan fingerprint density at radius 2 is 1.63 bits per heavy atom. The van der Waals surface area contributed by atoms with Crippen molar-refractivity contribution in [2.24, 2.45) is 0 Å². The maximum absolute atomic E-state index is 8.89. The lowest BCUT2D eigenvalue weighted by Crippen LogP contribution is -2.06. The molecule has 2 rings (SSSR count). The molecule has 3 heteroatoms. The van der Waals surface area contributed by atoms with E-state index in [-0.39, 0.29) is 6.04 Å². The summed E-state index contributed by atoms with van der Waals surface area (Å²) >= 11 is 0. The van der Waals surface area contributed by atoms with Crippen molar-refractivity contribution in [3.05, 3.63) is 65.2 Å². The smallest absolute Gasteiger partial charge is 0.0991 e. The molecule has 0 bridgehead atoms. The van der Waals surface area contributed by atoms with Crippen molar-refractivity contribution >= 4 is 5.69 Å². The first-order chi connectivity index (χ1) is 9.22. The zero-order valence-corrected chi connectivity index (χ0v) is 10.6. The second-order valence-corrected chi connectivity index (χ2v) is 4.29. The van der Waals surface area contributed by atoms with Gasteiger partial charge in [0.25, 0.3) is 0 Å². The number of rotatable bonds is 3. The summed E-state index contributed by atoms with van der Waals surface area (Å²) in [6.07, 6.45) is 0. The van der Waals surface area contributed by atoms with Crippen molar-refractivity contribution in [1.29, 1.82) is 10.5 Å². The summed E-state index contributed by atoms with van der Waals surface area (Å²) in [6, 6.07) is 19.2. The van der Waals surface area contributed by atoms with Crippen LogP contribution >= 0.6 is 0 Å². The fourth-order valence-corrected chi connectivity index (χ4v) is 1.85. The van der Waals surface area contributed by atoms with Gasteiger partial charge in [0, 0.05) is 11.7 Å². The Morgan fingerprint density at radius 1 is 0.947 bits per heavy atom. The number of nitrogens with one attached hydrogen (secondary N) is 1. The van der Waals surface area contributed by atoms with Gasteiger partial charge in [-0.25, -0.2) is 0 Å². The predicted octanol–water partition coefficient (Wildman–Crippen LogP) is 3.60. The van der Waals surface area contributed by atoms with E-state index in [1.807, 2.05) is 37.3 Å². The molecule has 2 aromatic rings. The number of benzene rings is 2. The van der Waals surface area contributed by atoms with Gasteiger partial charge < -0.3 is 5.32 Å². The molecule has 0 aliphatic carbocycles. The number of hydrogen-bond donors (Lipinski definition) is 1.